The Labute approximate surface area is 102 Å². The Kier molecular flexibility index (Phi) is 4.72. The topological polar surface area (TPSA) is 37.8 Å². The van der Waals surface area contributed by atoms with Gasteiger partial charge < -0.3 is 5.32 Å². The third-order valence-corrected chi connectivity index (χ3v) is 4.04. The minimum absolute atomic E-state index is 0.874. The van der Waals surface area contributed by atoms with Crippen LogP contribution in [-0.2, 0) is 6.54 Å². The summed E-state index contributed by atoms with van der Waals surface area (Å²) in [5.74, 6) is 1.89. The van der Waals surface area contributed by atoms with Crippen molar-refractivity contribution in [1.82, 2.24) is 14.9 Å². The van der Waals surface area contributed by atoms with Crippen LogP contribution in [-0.4, -0.2) is 16.1 Å². The predicted molar refractivity (Wildman–Crippen MR) is 67.4 cm³/mol. The number of hydrogen-bond acceptors (Lipinski definition) is 4. The van der Waals surface area contributed by atoms with Crippen molar-refractivity contribution < 1.29 is 0 Å². The molecule has 4 heteroatoms. The first kappa shape index (κ1) is 12.0. The van der Waals surface area contributed by atoms with Crippen LogP contribution >= 0.6 is 11.5 Å². The van der Waals surface area contributed by atoms with Crippen molar-refractivity contribution >= 4 is 11.5 Å². The predicted octanol–water partition coefficient (Wildman–Crippen LogP) is 2.84. The number of nitrogens with zero attached hydrogens (tertiary/aromatic N) is 2. The highest BCUT2D eigenvalue weighted by molar-refractivity contribution is 7.03. The molecule has 0 aliphatic heterocycles. The molecule has 2 rings (SSSR count). The Bertz CT molecular complexity index is 286. The zero-order chi connectivity index (χ0) is 11.2. The van der Waals surface area contributed by atoms with Crippen molar-refractivity contribution in [2.45, 2.75) is 45.6 Å². The van der Waals surface area contributed by atoms with Crippen LogP contribution in [0.5, 0.6) is 0 Å². The van der Waals surface area contributed by atoms with Crippen LogP contribution in [0.25, 0.3) is 0 Å². The quantitative estimate of drug-likeness (QED) is 0.803. The van der Waals surface area contributed by atoms with Gasteiger partial charge in [-0.3, -0.25) is 0 Å². The van der Waals surface area contributed by atoms with Gasteiger partial charge in [0.15, 0.2) is 0 Å². The second kappa shape index (κ2) is 6.30. The van der Waals surface area contributed by atoms with Gasteiger partial charge in [-0.1, -0.05) is 30.7 Å². The molecule has 2 atom stereocenters. The second-order valence-electron chi connectivity index (χ2n) is 5.00. The maximum Gasteiger partial charge on any atom is 0.0893 e. The molecular weight excluding hydrogens is 218 g/mol. The van der Waals surface area contributed by atoms with Gasteiger partial charge in [-0.05, 0) is 42.8 Å². The number of rotatable bonds is 5. The van der Waals surface area contributed by atoms with Gasteiger partial charge in [-0.15, -0.1) is 5.10 Å². The van der Waals surface area contributed by atoms with Crippen molar-refractivity contribution in [3.8, 4) is 0 Å². The third kappa shape index (κ3) is 3.83. The normalized spacial score (nSPS) is 25.8. The highest BCUT2D eigenvalue weighted by atomic mass is 32.1. The van der Waals surface area contributed by atoms with E-state index in [1.54, 1.807) is 0 Å². The monoisotopic (exact) mass is 239 g/mol. The van der Waals surface area contributed by atoms with E-state index in [9.17, 15) is 0 Å². The van der Waals surface area contributed by atoms with Crippen LogP contribution < -0.4 is 5.32 Å². The largest absolute Gasteiger partial charge is 0.311 e. The molecule has 90 valence electrons. The van der Waals surface area contributed by atoms with E-state index < -0.39 is 0 Å². The molecule has 1 saturated carbocycles. The molecule has 2 unspecified atom stereocenters. The van der Waals surface area contributed by atoms with Gasteiger partial charge in [-0.25, -0.2) is 0 Å². The van der Waals surface area contributed by atoms with Crippen LogP contribution in [0.2, 0.25) is 0 Å². The lowest BCUT2D eigenvalue weighted by molar-refractivity contribution is 0.267. The molecule has 0 amide bonds. The average Bonchev–Trinajstić information content (AvgIpc) is 2.77. The molecule has 1 aromatic rings. The fraction of sp³-hybridized carbons (Fsp3) is 0.833. The lowest BCUT2D eigenvalue weighted by Gasteiger charge is -2.26. The van der Waals surface area contributed by atoms with Gasteiger partial charge >= 0.3 is 0 Å². The summed E-state index contributed by atoms with van der Waals surface area (Å²) < 4.78 is 3.85. The molecule has 0 saturated heterocycles. The van der Waals surface area contributed by atoms with Gasteiger partial charge in [0.1, 0.15) is 0 Å². The van der Waals surface area contributed by atoms with Crippen LogP contribution in [0.3, 0.4) is 0 Å². The van der Waals surface area contributed by atoms with E-state index in [4.69, 9.17) is 0 Å². The standard InChI is InChI=1S/C12H21N3S/c1-10-3-2-4-11(7-10)5-6-13-8-12-9-16-15-14-12/h9-11,13H,2-8H2,1H3. The summed E-state index contributed by atoms with van der Waals surface area (Å²) >= 11 is 1.42. The van der Waals surface area contributed by atoms with E-state index >= 15 is 0 Å². The van der Waals surface area contributed by atoms with Crippen molar-refractivity contribution in [2.75, 3.05) is 6.54 Å². The zero-order valence-corrected chi connectivity index (χ0v) is 10.8. The fourth-order valence-corrected chi connectivity index (χ4v) is 3.06. The Balaban J connectivity index is 1.57. The van der Waals surface area contributed by atoms with Crippen LogP contribution in [0, 0.1) is 11.8 Å². The van der Waals surface area contributed by atoms with Crippen LogP contribution in [0.15, 0.2) is 5.38 Å². The summed E-state index contributed by atoms with van der Waals surface area (Å²) in [6, 6.07) is 0. The average molecular weight is 239 g/mol. The van der Waals surface area contributed by atoms with Gasteiger partial charge in [0.05, 0.1) is 5.69 Å². The van der Waals surface area contributed by atoms with E-state index in [1.807, 2.05) is 5.38 Å². The number of hydrogen-bond donors (Lipinski definition) is 1. The summed E-state index contributed by atoms with van der Waals surface area (Å²) in [5.41, 5.74) is 1.07. The van der Waals surface area contributed by atoms with Gasteiger partial charge in [0, 0.05) is 11.9 Å². The Morgan fingerprint density at radius 2 is 2.44 bits per heavy atom. The van der Waals surface area contributed by atoms with E-state index in [0.29, 0.717) is 0 Å². The van der Waals surface area contributed by atoms with Crippen molar-refractivity contribution in [3.05, 3.63) is 11.1 Å². The zero-order valence-electron chi connectivity index (χ0n) is 9.98. The molecule has 1 heterocycles. The first-order chi connectivity index (χ1) is 7.84. The van der Waals surface area contributed by atoms with Crippen molar-refractivity contribution in [1.29, 1.82) is 0 Å². The van der Waals surface area contributed by atoms with E-state index in [1.165, 1.54) is 43.6 Å². The van der Waals surface area contributed by atoms with Crippen molar-refractivity contribution in [3.63, 3.8) is 0 Å². The maximum atomic E-state index is 4.02. The SMILES string of the molecule is CC1CCCC(CCNCc2csnn2)C1. The molecule has 1 aromatic heterocycles. The molecular formula is C12H21N3S. The molecule has 0 bridgehead atoms. The minimum Gasteiger partial charge on any atom is -0.311 e. The minimum atomic E-state index is 0.874. The summed E-state index contributed by atoms with van der Waals surface area (Å²) in [6.07, 6.45) is 7.06. The smallest absolute Gasteiger partial charge is 0.0893 e. The van der Waals surface area contributed by atoms with Gasteiger partial charge in [0.25, 0.3) is 0 Å². The van der Waals surface area contributed by atoms with Crippen LogP contribution in [0.4, 0.5) is 0 Å². The second-order valence-corrected chi connectivity index (χ2v) is 5.61. The Hall–Kier alpha value is -0.480. The maximum absolute atomic E-state index is 4.02. The van der Waals surface area contributed by atoms with E-state index in [-0.39, 0.29) is 0 Å². The van der Waals surface area contributed by atoms with Gasteiger partial charge in [-0.2, -0.15) is 0 Å². The molecule has 1 aliphatic rings. The fourth-order valence-electron chi connectivity index (χ4n) is 2.61. The molecule has 16 heavy (non-hydrogen) atoms. The number of nitrogens with one attached hydrogen (secondary N) is 1. The lowest BCUT2D eigenvalue weighted by Crippen LogP contribution is -2.21. The number of aromatic nitrogens is 2. The molecule has 0 aromatic carbocycles. The summed E-state index contributed by atoms with van der Waals surface area (Å²) in [4.78, 5) is 0. The highest BCUT2D eigenvalue weighted by Crippen LogP contribution is 2.30. The van der Waals surface area contributed by atoms with Gasteiger partial charge in [0.2, 0.25) is 0 Å². The molecule has 1 fully saturated rings. The first-order valence-corrected chi connectivity index (χ1v) is 7.15. The molecule has 0 spiro atoms. The van der Waals surface area contributed by atoms with Crippen molar-refractivity contribution in [2.24, 2.45) is 11.8 Å². The molecule has 1 N–H and O–H groups in total. The molecule has 0 radical (unpaired) electrons. The molecule has 3 nitrogen and oxygen atoms in total. The van der Waals surface area contributed by atoms with E-state index in [0.717, 1.165) is 30.6 Å². The van der Waals surface area contributed by atoms with Crippen LogP contribution in [0.1, 0.15) is 44.7 Å². The third-order valence-electron chi connectivity index (χ3n) is 3.49. The van der Waals surface area contributed by atoms with E-state index in [2.05, 4.69) is 21.8 Å². The summed E-state index contributed by atoms with van der Waals surface area (Å²) in [7, 11) is 0. The summed E-state index contributed by atoms with van der Waals surface area (Å²) in [5, 5.41) is 9.48. The first-order valence-electron chi connectivity index (χ1n) is 6.31. The Morgan fingerprint density at radius 3 is 3.19 bits per heavy atom. The molecule has 1 aliphatic carbocycles. The Morgan fingerprint density at radius 1 is 1.50 bits per heavy atom. The highest BCUT2D eigenvalue weighted by Gasteiger charge is 2.17. The summed E-state index contributed by atoms with van der Waals surface area (Å²) in [6.45, 7) is 4.38. The lowest BCUT2D eigenvalue weighted by atomic mass is 9.81.